The van der Waals surface area contributed by atoms with Crippen molar-refractivity contribution in [2.45, 2.75) is 5.25 Å². The van der Waals surface area contributed by atoms with Gasteiger partial charge in [-0.1, -0.05) is 6.07 Å². The lowest BCUT2D eigenvalue weighted by Gasteiger charge is -2.12. The van der Waals surface area contributed by atoms with Gasteiger partial charge in [0.15, 0.2) is 0 Å². The third-order valence-electron chi connectivity index (χ3n) is 1.88. The van der Waals surface area contributed by atoms with Gasteiger partial charge in [-0.05, 0) is 12.3 Å². The number of aliphatic hydroxyl groups is 1. The highest BCUT2D eigenvalue weighted by atomic mass is 32.2. The highest BCUT2D eigenvalue weighted by Gasteiger charge is 2.06. The molecule has 1 rings (SSSR count). The number of carbonyl (C=O) groups excluding carboxylic acids is 1. The maximum Gasteiger partial charge on any atom is 0.215 e. The van der Waals surface area contributed by atoms with Crippen LogP contribution >= 0.6 is 11.8 Å². The van der Waals surface area contributed by atoms with Crippen LogP contribution in [0.2, 0.25) is 0 Å². The Bertz CT molecular complexity index is 332. The van der Waals surface area contributed by atoms with Crippen molar-refractivity contribution in [1.82, 2.24) is 4.98 Å². The number of thioether (sulfide) groups is 1. The van der Waals surface area contributed by atoms with E-state index in [1.807, 2.05) is 6.26 Å². The molecule has 16 heavy (non-hydrogen) atoms. The van der Waals surface area contributed by atoms with Crippen LogP contribution < -0.4 is 10.1 Å². The molecule has 1 unspecified atom stereocenters. The molecule has 88 valence electrons. The van der Waals surface area contributed by atoms with Crippen LogP contribution in [0.15, 0.2) is 18.2 Å². The summed E-state index contributed by atoms with van der Waals surface area (Å²) in [5.74, 6) is 0.872. The van der Waals surface area contributed by atoms with E-state index < -0.39 is 0 Å². The number of carbonyl (C=O) groups is 1. The number of aliphatic hydroxyl groups excluding tert-OH is 1. The fourth-order valence-corrected chi connectivity index (χ4v) is 1.36. The van der Waals surface area contributed by atoms with Crippen molar-refractivity contribution in [1.29, 1.82) is 0 Å². The van der Waals surface area contributed by atoms with Gasteiger partial charge in [-0.2, -0.15) is 16.7 Å². The fourth-order valence-electron chi connectivity index (χ4n) is 1.01. The van der Waals surface area contributed by atoms with Crippen molar-refractivity contribution in [3.63, 3.8) is 0 Å². The van der Waals surface area contributed by atoms with Crippen LogP contribution in [0.25, 0.3) is 0 Å². The van der Waals surface area contributed by atoms with Gasteiger partial charge in [0.25, 0.3) is 0 Å². The predicted octanol–water partition coefficient (Wildman–Crippen LogP) is 0.753. The number of ether oxygens (including phenoxy) is 1. The molecule has 0 bridgehead atoms. The molecule has 1 atom stereocenters. The quantitative estimate of drug-likeness (QED) is 0.690. The Labute approximate surface area is 98.2 Å². The molecular formula is C10H14N2O3S. The molecule has 5 nitrogen and oxygen atoms in total. The fraction of sp³-hybridized carbons (Fsp3) is 0.400. The third-order valence-corrected chi connectivity index (χ3v) is 2.84. The summed E-state index contributed by atoms with van der Waals surface area (Å²) in [4.78, 5) is 14.3. The van der Waals surface area contributed by atoms with Gasteiger partial charge in [-0.25, -0.2) is 0 Å². The number of hydrogen-bond acceptors (Lipinski definition) is 5. The number of nitrogens with one attached hydrogen (secondary N) is 1. The minimum absolute atomic E-state index is 0.0319. The number of anilines is 1. The zero-order chi connectivity index (χ0) is 11.8. The van der Waals surface area contributed by atoms with Gasteiger partial charge in [0.2, 0.25) is 12.3 Å². The zero-order valence-electron chi connectivity index (χ0n) is 8.92. The van der Waals surface area contributed by atoms with Crippen LogP contribution in [-0.4, -0.2) is 41.2 Å². The molecule has 0 aromatic carbocycles. The summed E-state index contributed by atoms with van der Waals surface area (Å²) < 4.78 is 5.39. The number of amides is 1. The molecule has 0 aliphatic rings. The van der Waals surface area contributed by atoms with E-state index in [-0.39, 0.29) is 11.9 Å². The van der Waals surface area contributed by atoms with Crippen molar-refractivity contribution < 1.29 is 14.6 Å². The Morgan fingerprint density at radius 3 is 3.12 bits per heavy atom. The first-order valence-corrected chi connectivity index (χ1v) is 6.02. The lowest BCUT2D eigenvalue weighted by molar-refractivity contribution is -0.105. The van der Waals surface area contributed by atoms with E-state index in [1.54, 1.807) is 18.2 Å². The third kappa shape index (κ3) is 4.08. The number of nitrogens with zero attached hydrogens (tertiary/aromatic N) is 1. The molecule has 0 radical (unpaired) electrons. The molecule has 0 aliphatic carbocycles. The average Bonchev–Trinajstić information content (AvgIpc) is 2.31. The largest absolute Gasteiger partial charge is 0.476 e. The first-order chi connectivity index (χ1) is 7.80. The summed E-state index contributed by atoms with van der Waals surface area (Å²) in [5.41, 5.74) is 0. The van der Waals surface area contributed by atoms with E-state index in [4.69, 9.17) is 9.84 Å². The van der Waals surface area contributed by atoms with Crippen LogP contribution in [0.4, 0.5) is 5.82 Å². The first kappa shape index (κ1) is 12.8. The summed E-state index contributed by atoms with van der Waals surface area (Å²) in [7, 11) is 0. The number of pyridine rings is 1. The molecule has 0 saturated carbocycles. The summed E-state index contributed by atoms with van der Waals surface area (Å²) >= 11 is 1.53. The van der Waals surface area contributed by atoms with Crippen molar-refractivity contribution in [2.24, 2.45) is 0 Å². The van der Waals surface area contributed by atoms with Gasteiger partial charge in [0.1, 0.15) is 12.4 Å². The molecule has 2 N–H and O–H groups in total. The second-order valence-corrected chi connectivity index (χ2v) is 4.11. The molecular weight excluding hydrogens is 228 g/mol. The standard InChI is InChI=1S/C10H14N2O3S/c1-16-8(5-13)6-15-10-4-2-3-9(12-10)11-7-14/h2-4,7-8,13H,5-6H2,1H3,(H,11,12,14). The minimum atomic E-state index is 0.0319. The normalized spacial score (nSPS) is 11.9. The van der Waals surface area contributed by atoms with Crippen LogP contribution in [0.5, 0.6) is 5.88 Å². The molecule has 1 aromatic rings. The van der Waals surface area contributed by atoms with E-state index in [2.05, 4.69) is 10.3 Å². The molecule has 1 heterocycles. The van der Waals surface area contributed by atoms with Gasteiger partial charge in [0.05, 0.1) is 11.9 Å². The molecule has 6 heteroatoms. The van der Waals surface area contributed by atoms with Crippen LogP contribution in [-0.2, 0) is 4.79 Å². The maximum absolute atomic E-state index is 10.2. The molecule has 0 aliphatic heterocycles. The second kappa shape index (κ2) is 7.08. The van der Waals surface area contributed by atoms with Crippen molar-refractivity contribution in [3.8, 4) is 5.88 Å². The number of hydrogen-bond donors (Lipinski definition) is 2. The Morgan fingerprint density at radius 2 is 2.50 bits per heavy atom. The predicted molar refractivity (Wildman–Crippen MR) is 63.8 cm³/mol. The molecule has 1 aromatic heterocycles. The maximum atomic E-state index is 10.2. The lowest BCUT2D eigenvalue weighted by atomic mass is 10.4. The zero-order valence-corrected chi connectivity index (χ0v) is 9.74. The Hall–Kier alpha value is -1.27. The van der Waals surface area contributed by atoms with Gasteiger partial charge in [0, 0.05) is 6.07 Å². The van der Waals surface area contributed by atoms with Gasteiger partial charge in [-0.15, -0.1) is 0 Å². The first-order valence-electron chi connectivity index (χ1n) is 4.74. The monoisotopic (exact) mass is 242 g/mol. The minimum Gasteiger partial charge on any atom is -0.476 e. The van der Waals surface area contributed by atoms with Crippen molar-refractivity contribution >= 4 is 24.0 Å². The van der Waals surface area contributed by atoms with Gasteiger partial charge < -0.3 is 15.2 Å². The molecule has 1 amide bonds. The summed E-state index contributed by atoms with van der Waals surface area (Å²) in [6, 6.07) is 5.10. The Morgan fingerprint density at radius 1 is 1.69 bits per heavy atom. The van der Waals surface area contributed by atoms with E-state index >= 15 is 0 Å². The summed E-state index contributed by atoms with van der Waals surface area (Å²) in [6.07, 6.45) is 2.46. The summed E-state index contributed by atoms with van der Waals surface area (Å²) in [5, 5.41) is 11.4. The highest BCUT2D eigenvalue weighted by Crippen LogP contribution is 2.13. The van der Waals surface area contributed by atoms with E-state index in [1.165, 1.54) is 11.8 Å². The van der Waals surface area contributed by atoms with Crippen molar-refractivity contribution in [3.05, 3.63) is 18.2 Å². The van der Waals surface area contributed by atoms with Crippen molar-refractivity contribution in [2.75, 3.05) is 24.8 Å². The highest BCUT2D eigenvalue weighted by molar-refractivity contribution is 7.99. The van der Waals surface area contributed by atoms with Crippen LogP contribution in [0.1, 0.15) is 0 Å². The topological polar surface area (TPSA) is 71.5 Å². The molecule has 0 spiro atoms. The smallest absolute Gasteiger partial charge is 0.215 e. The summed E-state index contributed by atoms with van der Waals surface area (Å²) in [6.45, 7) is 0.447. The average molecular weight is 242 g/mol. The second-order valence-electron chi connectivity index (χ2n) is 2.97. The Kier molecular flexibility index (Phi) is 5.66. The van der Waals surface area contributed by atoms with E-state index in [0.717, 1.165) is 0 Å². The molecule has 0 fully saturated rings. The lowest BCUT2D eigenvalue weighted by Crippen LogP contribution is -2.18. The van der Waals surface area contributed by atoms with Crippen LogP contribution in [0, 0.1) is 0 Å². The van der Waals surface area contributed by atoms with Crippen LogP contribution in [0.3, 0.4) is 0 Å². The SMILES string of the molecule is CSC(CO)COc1cccc(NC=O)n1. The number of aromatic nitrogens is 1. The molecule has 0 saturated heterocycles. The Balaban J connectivity index is 2.52. The van der Waals surface area contributed by atoms with Gasteiger partial charge in [-0.3, -0.25) is 4.79 Å². The van der Waals surface area contributed by atoms with E-state index in [0.29, 0.717) is 24.7 Å². The number of rotatable bonds is 7. The van der Waals surface area contributed by atoms with E-state index in [9.17, 15) is 4.79 Å². The van der Waals surface area contributed by atoms with Gasteiger partial charge >= 0.3 is 0 Å².